The van der Waals surface area contributed by atoms with Crippen molar-refractivity contribution in [2.24, 2.45) is 0 Å². The summed E-state index contributed by atoms with van der Waals surface area (Å²) in [6, 6.07) is 24.1. The zero-order valence-electron chi connectivity index (χ0n) is 17.4. The van der Waals surface area contributed by atoms with E-state index in [0.717, 1.165) is 16.3 Å². The highest BCUT2D eigenvalue weighted by Gasteiger charge is 2.16. The minimum absolute atomic E-state index is 0.282. The Morgan fingerprint density at radius 2 is 1.56 bits per heavy atom. The van der Waals surface area contributed by atoms with Crippen LogP contribution in [-0.2, 0) is 4.79 Å². The molecule has 5 nitrogen and oxygen atoms in total. The minimum atomic E-state index is -0.464. The summed E-state index contributed by atoms with van der Waals surface area (Å²) in [5.74, 6) is -0.975. The Balaban J connectivity index is 1.57. The smallest absolute Gasteiger partial charge is 0.262 e. The van der Waals surface area contributed by atoms with Crippen LogP contribution in [0.3, 0.4) is 0 Å². The van der Waals surface area contributed by atoms with Crippen LogP contribution in [0.1, 0.15) is 15.9 Å². The first-order valence-electron chi connectivity index (χ1n) is 10.1. The fourth-order valence-corrected chi connectivity index (χ4v) is 3.33. The number of carbonyl (C=O) groups excluding carboxylic acids is 2. The van der Waals surface area contributed by atoms with Gasteiger partial charge in [-0.05, 0) is 59.7 Å². The lowest BCUT2D eigenvalue weighted by molar-refractivity contribution is -0.118. The molecule has 2 N–H and O–H groups in total. The Kier molecular flexibility index (Phi) is 6.12. The molecule has 0 radical (unpaired) electrons. The second-order valence-corrected chi connectivity index (χ2v) is 7.31. The third kappa shape index (κ3) is 4.92. The van der Waals surface area contributed by atoms with Gasteiger partial charge in [-0.2, -0.15) is 0 Å². The topological polar surface area (TPSA) is 67.4 Å². The van der Waals surface area contributed by atoms with Gasteiger partial charge in [0.05, 0.1) is 5.56 Å². The fraction of sp³-hybridized carbons (Fsp3) is 0.0769. The third-order valence-corrected chi connectivity index (χ3v) is 4.95. The Bertz CT molecular complexity index is 1300. The number of hydrogen-bond acceptors (Lipinski definition) is 3. The van der Waals surface area contributed by atoms with Crippen molar-refractivity contribution in [2.45, 2.75) is 6.92 Å². The van der Waals surface area contributed by atoms with E-state index in [1.54, 1.807) is 18.2 Å². The van der Waals surface area contributed by atoms with Crippen molar-refractivity contribution >= 4 is 34.0 Å². The van der Waals surface area contributed by atoms with Crippen LogP contribution in [0.25, 0.3) is 10.8 Å². The summed E-state index contributed by atoms with van der Waals surface area (Å²) < 4.78 is 19.1. The molecule has 0 aliphatic rings. The van der Waals surface area contributed by atoms with E-state index in [9.17, 15) is 14.0 Å². The number of benzene rings is 4. The third-order valence-electron chi connectivity index (χ3n) is 4.95. The zero-order valence-corrected chi connectivity index (χ0v) is 17.4. The molecule has 32 heavy (non-hydrogen) atoms. The minimum Gasteiger partial charge on any atom is -0.483 e. The van der Waals surface area contributed by atoms with Gasteiger partial charge in [-0.15, -0.1) is 0 Å². The van der Waals surface area contributed by atoms with E-state index in [-0.39, 0.29) is 18.3 Å². The normalized spacial score (nSPS) is 10.6. The Morgan fingerprint density at radius 1 is 0.844 bits per heavy atom. The second-order valence-electron chi connectivity index (χ2n) is 7.31. The number of anilines is 2. The number of nitrogens with one attached hydrogen (secondary N) is 2. The molecule has 4 aromatic carbocycles. The molecular formula is C26H21FN2O3. The van der Waals surface area contributed by atoms with Crippen LogP contribution in [-0.4, -0.2) is 18.4 Å². The van der Waals surface area contributed by atoms with Gasteiger partial charge in [0.1, 0.15) is 11.6 Å². The van der Waals surface area contributed by atoms with Gasteiger partial charge in [-0.3, -0.25) is 9.59 Å². The molecule has 0 spiro atoms. The summed E-state index contributed by atoms with van der Waals surface area (Å²) in [7, 11) is 0. The van der Waals surface area contributed by atoms with Gasteiger partial charge in [0.15, 0.2) is 6.61 Å². The molecule has 0 heterocycles. The first kappa shape index (κ1) is 21.1. The van der Waals surface area contributed by atoms with Crippen LogP contribution in [0.5, 0.6) is 5.75 Å². The van der Waals surface area contributed by atoms with Gasteiger partial charge in [0.25, 0.3) is 11.8 Å². The van der Waals surface area contributed by atoms with Crippen molar-refractivity contribution in [3.8, 4) is 5.75 Å². The van der Waals surface area contributed by atoms with Crippen molar-refractivity contribution in [3.63, 3.8) is 0 Å². The molecule has 0 unspecified atom stereocenters. The molecule has 0 fully saturated rings. The Labute approximate surface area is 184 Å². The van der Waals surface area contributed by atoms with Crippen LogP contribution in [0.2, 0.25) is 0 Å². The average molecular weight is 428 g/mol. The van der Waals surface area contributed by atoms with Gasteiger partial charge in [0.2, 0.25) is 0 Å². The number of ether oxygens (including phenoxy) is 1. The van der Waals surface area contributed by atoms with Crippen LogP contribution < -0.4 is 15.4 Å². The van der Waals surface area contributed by atoms with E-state index in [1.807, 2.05) is 55.5 Å². The Morgan fingerprint density at radius 3 is 2.31 bits per heavy atom. The molecule has 4 rings (SSSR count). The highest BCUT2D eigenvalue weighted by atomic mass is 19.1. The molecule has 0 aliphatic heterocycles. The molecule has 2 amide bonds. The molecule has 4 aromatic rings. The molecule has 0 saturated heterocycles. The van der Waals surface area contributed by atoms with Crippen molar-refractivity contribution in [1.82, 2.24) is 0 Å². The molecule has 160 valence electrons. The standard InChI is InChI=1S/C26H21FN2O3/c1-17-7-2-5-12-23(17)29-26(31)22-13-18-8-3-4-9-19(18)14-24(22)32-16-25(30)28-21-11-6-10-20(27)15-21/h2-15H,16H2,1H3,(H,28,30)(H,29,31). The molecule has 0 aromatic heterocycles. The summed E-state index contributed by atoms with van der Waals surface area (Å²) >= 11 is 0. The molecule has 0 saturated carbocycles. The number of halogens is 1. The lowest BCUT2D eigenvalue weighted by Gasteiger charge is -2.14. The van der Waals surface area contributed by atoms with E-state index < -0.39 is 11.7 Å². The van der Waals surface area contributed by atoms with Crippen LogP contribution in [0.4, 0.5) is 15.8 Å². The van der Waals surface area contributed by atoms with Gasteiger partial charge in [-0.1, -0.05) is 48.5 Å². The second kappa shape index (κ2) is 9.31. The summed E-state index contributed by atoms with van der Waals surface area (Å²) in [6.07, 6.45) is 0. The first-order chi connectivity index (χ1) is 15.5. The highest BCUT2D eigenvalue weighted by molar-refractivity contribution is 6.09. The van der Waals surface area contributed by atoms with Crippen molar-refractivity contribution in [3.05, 3.63) is 102 Å². The molecule has 0 bridgehead atoms. The average Bonchev–Trinajstić information content (AvgIpc) is 2.78. The maximum absolute atomic E-state index is 13.3. The van der Waals surface area contributed by atoms with Gasteiger partial charge in [0, 0.05) is 11.4 Å². The molecular weight excluding hydrogens is 407 g/mol. The Hall–Kier alpha value is -4.19. The van der Waals surface area contributed by atoms with Crippen LogP contribution >= 0.6 is 0 Å². The number of aryl methyl sites for hydroxylation is 1. The van der Waals surface area contributed by atoms with E-state index >= 15 is 0 Å². The maximum atomic E-state index is 13.3. The lowest BCUT2D eigenvalue weighted by atomic mass is 10.0. The maximum Gasteiger partial charge on any atom is 0.262 e. The van der Waals surface area contributed by atoms with Crippen LogP contribution in [0.15, 0.2) is 84.9 Å². The zero-order chi connectivity index (χ0) is 22.5. The van der Waals surface area contributed by atoms with Gasteiger partial charge >= 0.3 is 0 Å². The lowest BCUT2D eigenvalue weighted by Crippen LogP contribution is -2.21. The number of fused-ring (bicyclic) bond motifs is 1. The predicted octanol–water partition coefficient (Wildman–Crippen LogP) is 5.56. The van der Waals surface area contributed by atoms with Crippen molar-refractivity contribution in [2.75, 3.05) is 17.2 Å². The summed E-state index contributed by atoms with van der Waals surface area (Å²) in [6.45, 7) is 1.57. The number of para-hydroxylation sites is 1. The molecule has 6 heteroatoms. The van der Waals surface area contributed by atoms with Gasteiger partial charge in [-0.25, -0.2) is 4.39 Å². The molecule has 0 atom stereocenters. The van der Waals surface area contributed by atoms with Crippen molar-refractivity contribution < 1.29 is 18.7 Å². The van der Waals surface area contributed by atoms with E-state index in [4.69, 9.17) is 4.74 Å². The largest absolute Gasteiger partial charge is 0.483 e. The summed E-state index contributed by atoms with van der Waals surface area (Å²) in [5, 5.41) is 7.24. The van der Waals surface area contributed by atoms with E-state index in [2.05, 4.69) is 10.6 Å². The summed E-state index contributed by atoms with van der Waals surface area (Å²) in [5.41, 5.74) is 2.26. The van der Waals surface area contributed by atoms with Crippen molar-refractivity contribution in [1.29, 1.82) is 0 Å². The molecule has 0 aliphatic carbocycles. The number of carbonyl (C=O) groups is 2. The predicted molar refractivity (Wildman–Crippen MR) is 124 cm³/mol. The van der Waals surface area contributed by atoms with Crippen LogP contribution in [0, 0.1) is 12.7 Å². The highest BCUT2D eigenvalue weighted by Crippen LogP contribution is 2.27. The first-order valence-corrected chi connectivity index (χ1v) is 10.1. The fourth-order valence-electron chi connectivity index (χ4n) is 3.33. The summed E-state index contributed by atoms with van der Waals surface area (Å²) in [4.78, 5) is 25.4. The SMILES string of the molecule is Cc1ccccc1NC(=O)c1cc2ccccc2cc1OCC(=O)Nc1cccc(F)c1. The monoisotopic (exact) mass is 428 g/mol. The van der Waals surface area contributed by atoms with E-state index in [0.29, 0.717) is 16.9 Å². The van der Waals surface area contributed by atoms with E-state index in [1.165, 1.54) is 18.2 Å². The quantitative estimate of drug-likeness (QED) is 0.423. The number of rotatable bonds is 6. The van der Waals surface area contributed by atoms with Gasteiger partial charge < -0.3 is 15.4 Å². The number of amides is 2. The number of hydrogen-bond donors (Lipinski definition) is 2.